The minimum atomic E-state index is 0.671. The van der Waals surface area contributed by atoms with Crippen LogP contribution in [-0.2, 0) is 11.3 Å². The molecule has 1 N–H and O–H groups in total. The van der Waals surface area contributed by atoms with Gasteiger partial charge in [0.2, 0.25) is 0 Å². The number of hydrogen-bond acceptors (Lipinski definition) is 3. The number of methoxy groups -OCH3 is 1. The van der Waals surface area contributed by atoms with E-state index in [1.54, 1.807) is 7.11 Å². The molecule has 0 bridgehead atoms. The molecular weight excluding hydrogens is 224 g/mol. The first-order valence-electron chi connectivity index (χ1n) is 6.63. The maximum absolute atomic E-state index is 5.04. The zero-order chi connectivity index (χ0) is 13.4. The zero-order valence-corrected chi connectivity index (χ0v) is 12.1. The van der Waals surface area contributed by atoms with Crippen molar-refractivity contribution in [2.75, 3.05) is 38.8 Å². The van der Waals surface area contributed by atoms with Crippen LogP contribution in [0.5, 0.6) is 0 Å². The minimum Gasteiger partial charge on any atom is -0.383 e. The number of anilines is 1. The molecule has 1 aromatic rings. The predicted molar refractivity (Wildman–Crippen MR) is 78.1 cm³/mol. The number of hydrogen-bond donors (Lipinski definition) is 1. The highest BCUT2D eigenvalue weighted by atomic mass is 16.5. The van der Waals surface area contributed by atoms with E-state index in [0.717, 1.165) is 26.2 Å². The van der Waals surface area contributed by atoms with E-state index >= 15 is 0 Å². The molecule has 0 atom stereocenters. The van der Waals surface area contributed by atoms with Gasteiger partial charge in [-0.25, -0.2) is 0 Å². The summed E-state index contributed by atoms with van der Waals surface area (Å²) in [5.41, 5.74) is 2.66. The van der Waals surface area contributed by atoms with Crippen LogP contribution in [-0.4, -0.2) is 33.9 Å². The molecule has 0 aliphatic heterocycles. The first-order chi connectivity index (χ1) is 8.65. The van der Waals surface area contributed by atoms with Crippen molar-refractivity contribution >= 4 is 5.69 Å². The second kappa shape index (κ2) is 8.11. The molecule has 0 amide bonds. The van der Waals surface area contributed by atoms with Crippen molar-refractivity contribution in [2.45, 2.75) is 20.4 Å². The fourth-order valence-corrected chi connectivity index (χ4v) is 2.08. The summed E-state index contributed by atoms with van der Waals surface area (Å²) in [5.74, 6) is 0.671. The molecule has 0 radical (unpaired) electrons. The van der Waals surface area contributed by atoms with Crippen molar-refractivity contribution in [3.8, 4) is 0 Å². The van der Waals surface area contributed by atoms with E-state index in [1.807, 2.05) is 0 Å². The van der Waals surface area contributed by atoms with Crippen LogP contribution in [0.2, 0.25) is 0 Å². The van der Waals surface area contributed by atoms with E-state index in [9.17, 15) is 0 Å². The van der Waals surface area contributed by atoms with Crippen molar-refractivity contribution in [3.05, 3.63) is 29.8 Å². The third-order valence-corrected chi connectivity index (χ3v) is 2.84. The molecule has 0 aliphatic carbocycles. The molecule has 0 heterocycles. The Balaban J connectivity index is 2.61. The summed E-state index contributed by atoms with van der Waals surface area (Å²) >= 11 is 0. The topological polar surface area (TPSA) is 24.5 Å². The molecule has 0 unspecified atom stereocenters. The lowest BCUT2D eigenvalue weighted by molar-refractivity contribution is 0.199. The van der Waals surface area contributed by atoms with Crippen LogP contribution in [0, 0.1) is 5.92 Å². The number of ether oxygens (including phenoxy) is 1. The van der Waals surface area contributed by atoms with E-state index < -0.39 is 0 Å². The Hall–Kier alpha value is -1.06. The first kappa shape index (κ1) is 15.0. The van der Waals surface area contributed by atoms with E-state index in [1.165, 1.54) is 11.3 Å². The molecule has 0 aromatic heterocycles. The van der Waals surface area contributed by atoms with E-state index in [4.69, 9.17) is 4.74 Å². The molecule has 0 fully saturated rings. The fourth-order valence-electron chi connectivity index (χ4n) is 2.08. The van der Waals surface area contributed by atoms with Crippen LogP contribution in [0.4, 0.5) is 5.69 Å². The molecule has 0 aliphatic rings. The standard InChI is InChI=1S/C15H26N2O/c1-13(2)12-17(3)15-8-6-5-7-14(15)11-16-9-10-18-4/h5-8,13,16H,9-12H2,1-4H3. The molecule has 0 saturated carbocycles. The van der Waals surface area contributed by atoms with Crippen LogP contribution in [0.25, 0.3) is 0 Å². The summed E-state index contributed by atoms with van der Waals surface area (Å²) in [6, 6.07) is 8.58. The highest BCUT2D eigenvalue weighted by molar-refractivity contribution is 5.53. The number of para-hydroxylation sites is 1. The Morgan fingerprint density at radius 1 is 1.28 bits per heavy atom. The van der Waals surface area contributed by atoms with Gasteiger partial charge >= 0.3 is 0 Å². The smallest absolute Gasteiger partial charge is 0.0587 e. The summed E-state index contributed by atoms with van der Waals surface area (Å²) in [4.78, 5) is 2.33. The van der Waals surface area contributed by atoms with Crippen LogP contribution in [0.1, 0.15) is 19.4 Å². The number of nitrogens with one attached hydrogen (secondary N) is 1. The van der Waals surface area contributed by atoms with Gasteiger partial charge in [0.25, 0.3) is 0 Å². The van der Waals surface area contributed by atoms with Gasteiger partial charge < -0.3 is 15.0 Å². The Kier molecular flexibility index (Phi) is 6.76. The largest absolute Gasteiger partial charge is 0.383 e. The second-order valence-electron chi connectivity index (χ2n) is 5.07. The van der Waals surface area contributed by atoms with Crippen LogP contribution < -0.4 is 10.2 Å². The van der Waals surface area contributed by atoms with Gasteiger partial charge in [0, 0.05) is 39.5 Å². The highest BCUT2D eigenvalue weighted by Gasteiger charge is 2.07. The van der Waals surface area contributed by atoms with E-state index in [0.29, 0.717) is 5.92 Å². The lowest BCUT2D eigenvalue weighted by Gasteiger charge is -2.24. The number of rotatable bonds is 8. The predicted octanol–water partition coefficient (Wildman–Crippen LogP) is 2.51. The van der Waals surface area contributed by atoms with Gasteiger partial charge in [0.05, 0.1) is 6.61 Å². The zero-order valence-electron chi connectivity index (χ0n) is 12.1. The van der Waals surface area contributed by atoms with Crippen molar-refractivity contribution in [1.29, 1.82) is 0 Å². The monoisotopic (exact) mass is 250 g/mol. The third-order valence-electron chi connectivity index (χ3n) is 2.84. The number of nitrogens with zero attached hydrogens (tertiary/aromatic N) is 1. The summed E-state index contributed by atoms with van der Waals surface area (Å²) in [7, 11) is 3.89. The van der Waals surface area contributed by atoms with Gasteiger partial charge in [-0.3, -0.25) is 0 Å². The summed E-state index contributed by atoms with van der Waals surface area (Å²) in [6.07, 6.45) is 0. The molecule has 18 heavy (non-hydrogen) atoms. The molecule has 102 valence electrons. The molecule has 3 nitrogen and oxygen atoms in total. The number of benzene rings is 1. The Morgan fingerprint density at radius 2 is 2.00 bits per heavy atom. The minimum absolute atomic E-state index is 0.671. The van der Waals surface area contributed by atoms with Crippen molar-refractivity contribution in [2.24, 2.45) is 5.92 Å². The van der Waals surface area contributed by atoms with Crippen LogP contribution >= 0.6 is 0 Å². The summed E-state index contributed by atoms with van der Waals surface area (Å²) in [6.45, 7) is 8.10. The second-order valence-corrected chi connectivity index (χ2v) is 5.07. The lowest BCUT2D eigenvalue weighted by atomic mass is 10.1. The third kappa shape index (κ3) is 5.07. The molecule has 1 rings (SSSR count). The Bertz CT molecular complexity index is 339. The first-order valence-corrected chi connectivity index (χ1v) is 6.63. The highest BCUT2D eigenvalue weighted by Crippen LogP contribution is 2.19. The normalized spacial score (nSPS) is 10.9. The van der Waals surface area contributed by atoms with Gasteiger partial charge in [-0.05, 0) is 17.5 Å². The Labute approximate surface area is 111 Å². The SMILES string of the molecule is COCCNCc1ccccc1N(C)CC(C)C. The maximum atomic E-state index is 5.04. The molecule has 3 heteroatoms. The lowest BCUT2D eigenvalue weighted by Crippen LogP contribution is -2.25. The average molecular weight is 250 g/mol. The van der Waals surface area contributed by atoms with E-state index in [2.05, 4.69) is 55.4 Å². The molecule has 0 spiro atoms. The van der Waals surface area contributed by atoms with Crippen LogP contribution in [0.3, 0.4) is 0 Å². The fraction of sp³-hybridized carbons (Fsp3) is 0.600. The van der Waals surface area contributed by atoms with Crippen molar-refractivity contribution < 1.29 is 4.74 Å². The van der Waals surface area contributed by atoms with Gasteiger partial charge in [-0.2, -0.15) is 0 Å². The van der Waals surface area contributed by atoms with Crippen molar-refractivity contribution in [3.63, 3.8) is 0 Å². The van der Waals surface area contributed by atoms with Gasteiger partial charge in [-0.15, -0.1) is 0 Å². The summed E-state index contributed by atoms with van der Waals surface area (Å²) in [5, 5.41) is 3.40. The van der Waals surface area contributed by atoms with E-state index in [-0.39, 0.29) is 0 Å². The van der Waals surface area contributed by atoms with Gasteiger partial charge in [0.15, 0.2) is 0 Å². The molecule has 1 aromatic carbocycles. The Morgan fingerprint density at radius 3 is 2.67 bits per heavy atom. The average Bonchev–Trinajstić information content (AvgIpc) is 2.34. The maximum Gasteiger partial charge on any atom is 0.0587 e. The van der Waals surface area contributed by atoms with Crippen LogP contribution in [0.15, 0.2) is 24.3 Å². The van der Waals surface area contributed by atoms with Gasteiger partial charge in [0.1, 0.15) is 0 Å². The molecular formula is C15H26N2O. The molecule has 0 saturated heterocycles. The summed E-state index contributed by atoms with van der Waals surface area (Å²) < 4.78 is 5.04. The quantitative estimate of drug-likeness (QED) is 0.718. The van der Waals surface area contributed by atoms with Crippen molar-refractivity contribution in [1.82, 2.24) is 5.32 Å². The van der Waals surface area contributed by atoms with Gasteiger partial charge in [-0.1, -0.05) is 32.0 Å².